The zero-order valence-electron chi connectivity index (χ0n) is 12.3. The summed E-state index contributed by atoms with van der Waals surface area (Å²) < 4.78 is 0. The lowest BCUT2D eigenvalue weighted by Crippen LogP contribution is -2.28. The molecule has 5 nitrogen and oxygen atoms in total. The Hall–Kier alpha value is -2.21. The van der Waals surface area contributed by atoms with Gasteiger partial charge in [-0.05, 0) is 24.1 Å². The highest BCUT2D eigenvalue weighted by molar-refractivity contribution is 7.13. The third-order valence-electron chi connectivity index (χ3n) is 3.79. The van der Waals surface area contributed by atoms with Crippen LogP contribution < -0.4 is 10.2 Å². The molecular weight excluding hydrogens is 298 g/mol. The van der Waals surface area contributed by atoms with Crippen LogP contribution in [0.1, 0.15) is 18.9 Å². The molecule has 114 valence electrons. The Bertz CT molecular complexity index is 684. The molecule has 22 heavy (non-hydrogen) atoms. The Labute approximate surface area is 133 Å². The van der Waals surface area contributed by atoms with Crippen LogP contribution in [0.3, 0.4) is 0 Å². The largest absolute Gasteiger partial charge is 0.312 e. The van der Waals surface area contributed by atoms with Gasteiger partial charge in [-0.2, -0.15) is 0 Å². The van der Waals surface area contributed by atoms with Gasteiger partial charge in [-0.1, -0.05) is 19.1 Å². The predicted molar refractivity (Wildman–Crippen MR) is 87.0 cm³/mol. The summed E-state index contributed by atoms with van der Waals surface area (Å²) in [6.45, 7) is 2.50. The van der Waals surface area contributed by atoms with E-state index in [0.29, 0.717) is 11.7 Å². The highest BCUT2D eigenvalue weighted by atomic mass is 32.1. The maximum absolute atomic E-state index is 12.2. The third kappa shape index (κ3) is 3.01. The number of amides is 2. The second-order valence-corrected chi connectivity index (χ2v) is 6.15. The topological polar surface area (TPSA) is 62.3 Å². The van der Waals surface area contributed by atoms with Crippen molar-refractivity contribution in [1.29, 1.82) is 0 Å². The number of thiazole rings is 1. The summed E-state index contributed by atoms with van der Waals surface area (Å²) in [5.74, 6) is -0.480. The van der Waals surface area contributed by atoms with Crippen LogP contribution in [0.4, 0.5) is 10.8 Å². The van der Waals surface area contributed by atoms with E-state index in [-0.39, 0.29) is 24.2 Å². The zero-order valence-corrected chi connectivity index (χ0v) is 13.1. The van der Waals surface area contributed by atoms with Crippen LogP contribution in [0, 0.1) is 5.92 Å². The van der Waals surface area contributed by atoms with Gasteiger partial charge in [0.15, 0.2) is 5.13 Å². The van der Waals surface area contributed by atoms with Gasteiger partial charge >= 0.3 is 0 Å². The van der Waals surface area contributed by atoms with E-state index in [0.717, 1.165) is 12.1 Å². The number of nitrogens with one attached hydrogen (secondary N) is 1. The van der Waals surface area contributed by atoms with Crippen LogP contribution in [-0.2, 0) is 16.0 Å². The summed E-state index contributed by atoms with van der Waals surface area (Å²) in [4.78, 5) is 30.2. The Kier molecular flexibility index (Phi) is 4.20. The summed E-state index contributed by atoms with van der Waals surface area (Å²) in [5, 5.41) is 5.15. The number of hydrogen-bond acceptors (Lipinski definition) is 4. The molecule has 2 heterocycles. The minimum atomic E-state index is -0.332. The SMILES string of the molecule is CCc1cccc(N2C[C@@H](C(=O)Nc3nccs3)CC2=O)c1. The standard InChI is InChI=1S/C16H17N3O2S/c1-2-11-4-3-5-13(8-11)19-10-12(9-14(19)20)15(21)18-16-17-6-7-22-16/h3-8,12H,2,9-10H2,1H3,(H,17,18,21)/t12-/m0/s1. The van der Waals surface area contributed by atoms with Crippen molar-refractivity contribution in [2.24, 2.45) is 5.92 Å². The fourth-order valence-electron chi connectivity index (χ4n) is 2.57. The number of nitrogens with zero attached hydrogens (tertiary/aromatic N) is 2. The molecule has 1 fully saturated rings. The van der Waals surface area contributed by atoms with Gasteiger partial charge in [-0.25, -0.2) is 4.98 Å². The number of aryl methyl sites for hydroxylation is 1. The van der Waals surface area contributed by atoms with Crippen molar-refractivity contribution in [3.8, 4) is 0 Å². The van der Waals surface area contributed by atoms with Crippen molar-refractivity contribution >= 4 is 34.0 Å². The maximum atomic E-state index is 12.2. The van der Waals surface area contributed by atoms with Gasteiger partial charge in [0.05, 0.1) is 5.92 Å². The molecule has 3 rings (SSSR count). The molecule has 0 radical (unpaired) electrons. The van der Waals surface area contributed by atoms with Crippen molar-refractivity contribution in [3.63, 3.8) is 0 Å². The molecule has 0 bridgehead atoms. The van der Waals surface area contributed by atoms with Crippen LogP contribution >= 0.6 is 11.3 Å². The number of hydrogen-bond donors (Lipinski definition) is 1. The van der Waals surface area contributed by atoms with Crippen LogP contribution in [-0.4, -0.2) is 23.3 Å². The predicted octanol–water partition coefficient (Wildman–Crippen LogP) is 2.70. The van der Waals surface area contributed by atoms with Crippen molar-refractivity contribution < 1.29 is 9.59 Å². The highest BCUT2D eigenvalue weighted by Crippen LogP contribution is 2.27. The molecular formula is C16H17N3O2S. The van der Waals surface area contributed by atoms with E-state index in [1.807, 2.05) is 24.3 Å². The molecule has 1 aromatic carbocycles. The quantitative estimate of drug-likeness (QED) is 0.943. The first-order valence-corrected chi connectivity index (χ1v) is 8.15. The van der Waals surface area contributed by atoms with E-state index in [9.17, 15) is 9.59 Å². The number of anilines is 2. The average molecular weight is 315 g/mol. The molecule has 0 aliphatic carbocycles. The molecule has 1 saturated heterocycles. The molecule has 2 amide bonds. The average Bonchev–Trinajstić information content (AvgIpc) is 3.17. The van der Waals surface area contributed by atoms with E-state index in [4.69, 9.17) is 0 Å². The summed E-state index contributed by atoms with van der Waals surface area (Å²) in [5.41, 5.74) is 2.05. The summed E-state index contributed by atoms with van der Waals surface area (Å²) in [6, 6.07) is 7.91. The Balaban J connectivity index is 1.71. The molecule has 1 atom stereocenters. The van der Waals surface area contributed by atoms with Crippen LogP contribution in [0.5, 0.6) is 0 Å². The van der Waals surface area contributed by atoms with Crippen LogP contribution in [0.2, 0.25) is 0 Å². The number of carbonyl (C=O) groups is 2. The van der Waals surface area contributed by atoms with Crippen LogP contribution in [0.25, 0.3) is 0 Å². The lowest BCUT2D eigenvalue weighted by molar-refractivity contribution is -0.122. The zero-order chi connectivity index (χ0) is 15.5. The molecule has 0 spiro atoms. The molecule has 6 heteroatoms. The molecule has 1 N–H and O–H groups in total. The summed E-state index contributed by atoms with van der Waals surface area (Å²) in [6.07, 6.45) is 2.81. The Morgan fingerprint density at radius 3 is 3.09 bits per heavy atom. The van der Waals surface area contributed by atoms with Crippen molar-refractivity contribution in [2.45, 2.75) is 19.8 Å². The second kappa shape index (κ2) is 6.27. The number of carbonyl (C=O) groups excluding carboxylic acids is 2. The molecule has 0 unspecified atom stereocenters. The van der Waals surface area contributed by atoms with E-state index < -0.39 is 0 Å². The van der Waals surface area contributed by atoms with E-state index in [1.165, 1.54) is 16.9 Å². The first-order chi connectivity index (χ1) is 10.7. The minimum absolute atomic E-state index is 0.00691. The molecule has 1 aliphatic rings. The monoisotopic (exact) mass is 315 g/mol. The lowest BCUT2D eigenvalue weighted by Gasteiger charge is -2.17. The lowest BCUT2D eigenvalue weighted by atomic mass is 10.1. The highest BCUT2D eigenvalue weighted by Gasteiger charge is 2.35. The summed E-state index contributed by atoms with van der Waals surface area (Å²) >= 11 is 1.37. The third-order valence-corrected chi connectivity index (χ3v) is 4.48. The van der Waals surface area contributed by atoms with Gasteiger partial charge in [0.2, 0.25) is 11.8 Å². The molecule has 0 saturated carbocycles. The number of benzene rings is 1. The van der Waals surface area contributed by atoms with Crippen molar-refractivity contribution in [2.75, 3.05) is 16.8 Å². The fourth-order valence-corrected chi connectivity index (χ4v) is 3.10. The number of rotatable bonds is 4. The molecule has 1 aromatic heterocycles. The Morgan fingerprint density at radius 1 is 1.50 bits per heavy atom. The normalized spacial score (nSPS) is 17.8. The molecule has 1 aliphatic heterocycles. The van der Waals surface area contributed by atoms with E-state index >= 15 is 0 Å². The fraction of sp³-hybridized carbons (Fsp3) is 0.312. The maximum Gasteiger partial charge on any atom is 0.231 e. The Morgan fingerprint density at radius 2 is 2.36 bits per heavy atom. The minimum Gasteiger partial charge on any atom is -0.312 e. The molecule has 2 aromatic rings. The first kappa shape index (κ1) is 14.7. The van der Waals surface area contributed by atoms with Gasteiger partial charge in [0.25, 0.3) is 0 Å². The van der Waals surface area contributed by atoms with Gasteiger partial charge in [0.1, 0.15) is 0 Å². The van der Waals surface area contributed by atoms with E-state index in [1.54, 1.807) is 16.5 Å². The van der Waals surface area contributed by atoms with Gasteiger partial charge < -0.3 is 10.2 Å². The first-order valence-electron chi connectivity index (χ1n) is 7.27. The van der Waals surface area contributed by atoms with Gasteiger partial charge in [-0.3, -0.25) is 9.59 Å². The van der Waals surface area contributed by atoms with Crippen molar-refractivity contribution in [3.05, 3.63) is 41.4 Å². The van der Waals surface area contributed by atoms with E-state index in [2.05, 4.69) is 17.2 Å². The second-order valence-electron chi connectivity index (χ2n) is 5.26. The van der Waals surface area contributed by atoms with Crippen LogP contribution in [0.15, 0.2) is 35.8 Å². The smallest absolute Gasteiger partial charge is 0.231 e. The number of aromatic nitrogens is 1. The summed E-state index contributed by atoms with van der Waals surface area (Å²) in [7, 11) is 0. The van der Waals surface area contributed by atoms with Gasteiger partial charge in [-0.15, -0.1) is 11.3 Å². The van der Waals surface area contributed by atoms with Crippen molar-refractivity contribution in [1.82, 2.24) is 4.98 Å². The van der Waals surface area contributed by atoms with Gasteiger partial charge in [0, 0.05) is 30.2 Å².